The summed E-state index contributed by atoms with van der Waals surface area (Å²) in [6.45, 7) is 6.04. The van der Waals surface area contributed by atoms with Crippen molar-refractivity contribution in [1.82, 2.24) is 10.6 Å². The van der Waals surface area contributed by atoms with Gasteiger partial charge in [0.15, 0.2) is 0 Å². The Morgan fingerprint density at radius 1 is 0.933 bits per heavy atom. The van der Waals surface area contributed by atoms with Crippen molar-refractivity contribution in [2.75, 3.05) is 13.2 Å². The van der Waals surface area contributed by atoms with E-state index in [4.69, 9.17) is 9.47 Å². The van der Waals surface area contributed by atoms with Crippen LogP contribution in [0.1, 0.15) is 33.1 Å². The Morgan fingerprint density at radius 2 is 1.40 bits per heavy atom. The van der Waals surface area contributed by atoms with Crippen molar-refractivity contribution in [1.29, 1.82) is 0 Å². The second-order valence-electron chi connectivity index (χ2n) is 4.42. The summed E-state index contributed by atoms with van der Waals surface area (Å²) in [6, 6.07) is 1.05. The molecule has 2 heterocycles. The maximum Gasteiger partial charge on any atom is 0.112 e. The molecule has 0 spiro atoms. The van der Waals surface area contributed by atoms with Crippen LogP contribution in [0.25, 0.3) is 0 Å². The lowest BCUT2D eigenvalue weighted by Crippen LogP contribution is -2.37. The van der Waals surface area contributed by atoms with Crippen molar-refractivity contribution in [2.45, 2.75) is 57.6 Å². The fourth-order valence-corrected chi connectivity index (χ4v) is 2.12. The van der Waals surface area contributed by atoms with Gasteiger partial charge in [-0.1, -0.05) is 13.8 Å². The first-order valence-electron chi connectivity index (χ1n) is 6.07. The van der Waals surface area contributed by atoms with Gasteiger partial charge in [0.1, 0.15) is 12.5 Å². The van der Waals surface area contributed by atoms with E-state index in [-0.39, 0.29) is 12.5 Å². The molecular formula is C11H22N2O2. The quantitative estimate of drug-likeness (QED) is 0.727. The second kappa shape index (κ2) is 5.25. The minimum absolute atomic E-state index is 0.169. The summed E-state index contributed by atoms with van der Waals surface area (Å²) in [5.74, 6) is 0. The fraction of sp³-hybridized carbons (Fsp3) is 1.00. The minimum Gasteiger partial charge on any atom is -0.362 e. The van der Waals surface area contributed by atoms with Crippen LogP contribution >= 0.6 is 0 Å². The lowest BCUT2D eigenvalue weighted by molar-refractivity contribution is 0.0231. The molecule has 0 bridgehead atoms. The van der Waals surface area contributed by atoms with E-state index in [0.29, 0.717) is 12.1 Å². The van der Waals surface area contributed by atoms with E-state index >= 15 is 0 Å². The monoisotopic (exact) mass is 214 g/mol. The van der Waals surface area contributed by atoms with Gasteiger partial charge in [-0.2, -0.15) is 0 Å². The Morgan fingerprint density at radius 3 is 1.73 bits per heavy atom. The summed E-state index contributed by atoms with van der Waals surface area (Å²) in [5.41, 5.74) is 0. The summed E-state index contributed by atoms with van der Waals surface area (Å²) < 4.78 is 11.3. The summed E-state index contributed by atoms with van der Waals surface area (Å²) >= 11 is 0. The van der Waals surface area contributed by atoms with Crippen LogP contribution in [0.15, 0.2) is 0 Å². The molecule has 0 radical (unpaired) electrons. The van der Waals surface area contributed by atoms with E-state index in [9.17, 15) is 0 Å². The molecular weight excluding hydrogens is 192 g/mol. The van der Waals surface area contributed by atoms with E-state index in [0.717, 1.165) is 32.5 Å². The van der Waals surface area contributed by atoms with Crippen LogP contribution in [0.3, 0.4) is 0 Å². The third-order valence-corrected chi connectivity index (χ3v) is 3.25. The highest BCUT2D eigenvalue weighted by atomic mass is 16.5. The number of rotatable bonds is 4. The van der Waals surface area contributed by atoms with Gasteiger partial charge >= 0.3 is 0 Å². The Kier molecular flexibility index (Phi) is 3.97. The van der Waals surface area contributed by atoms with Crippen molar-refractivity contribution in [3.8, 4) is 0 Å². The average Bonchev–Trinajstić information content (AvgIpc) is 2.87. The van der Waals surface area contributed by atoms with Crippen LogP contribution in [-0.2, 0) is 9.47 Å². The maximum absolute atomic E-state index is 5.66. The second-order valence-corrected chi connectivity index (χ2v) is 4.42. The van der Waals surface area contributed by atoms with Gasteiger partial charge in [0.2, 0.25) is 0 Å². The first-order chi connectivity index (χ1) is 7.31. The van der Waals surface area contributed by atoms with Gasteiger partial charge in [0.05, 0.1) is 13.2 Å². The summed E-state index contributed by atoms with van der Waals surface area (Å²) in [6.07, 6.45) is 3.51. The molecule has 0 saturated carbocycles. The van der Waals surface area contributed by atoms with Crippen LogP contribution in [0.2, 0.25) is 0 Å². The lowest BCUT2D eigenvalue weighted by Gasteiger charge is -2.16. The average molecular weight is 214 g/mol. The van der Waals surface area contributed by atoms with Gasteiger partial charge in [0.25, 0.3) is 0 Å². The van der Waals surface area contributed by atoms with Crippen LogP contribution < -0.4 is 10.6 Å². The molecule has 4 heteroatoms. The topological polar surface area (TPSA) is 42.5 Å². The van der Waals surface area contributed by atoms with Gasteiger partial charge in [-0.25, -0.2) is 0 Å². The molecule has 2 aliphatic heterocycles. The van der Waals surface area contributed by atoms with Gasteiger partial charge in [-0.05, 0) is 12.8 Å². The van der Waals surface area contributed by atoms with Crippen molar-refractivity contribution in [3.63, 3.8) is 0 Å². The van der Waals surface area contributed by atoms with Crippen LogP contribution in [-0.4, -0.2) is 37.8 Å². The van der Waals surface area contributed by atoms with Crippen molar-refractivity contribution in [2.24, 2.45) is 0 Å². The maximum atomic E-state index is 5.66. The Bertz CT molecular complexity index is 181. The van der Waals surface area contributed by atoms with Gasteiger partial charge in [-0.3, -0.25) is 10.6 Å². The van der Waals surface area contributed by atoms with Crippen molar-refractivity contribution in [3.05, 3.63) is 0 Å². The third kappa shape index (κ3) is 2.91. The number of hydrogen-bond donors (Lipinski definition) is 2. The molecule has 4 nitrogen and oxygen atoms in total. The molecule has 0 aliphatic carbocycles. The summed E-state index contributed by atoms with van der Waals surface area (Å²) in [5, 5.41) is 6.92. The highest BCUT2D eigenvalue weighted by molar-refractivity contribution is 4.80. The predicted molar refractivity (Wildman–Crippen MR) is 58.5 cm³/mol. The Labute approximate surface area is 91.7 Å². The number of hydrogen-bond acceptors (Lipinski definition) is 4. The van der Waals surface area contributed by atoms with E-state index in [1.807, 2.05) is 0 Å². The number of ether oxygens (including phenoxy) is 2. The van der Waals surface area contributed by atoms with Crippen molar-refractivity contribution < 1.29 is 9.47 Å². The zero-order valence-electron chi connectivity index (χ0n) is 9.66. The highest BCUT2D eigenvalue weighted by Crippen LogP contribution is 2.15. The first-order valence-corrected chi connectivity index (χ1v) is 6.07. The Hall–Kier alpha value is -0.160. The predicted octanol–water partition coefficient (Wildman–Crippen LogP) is 0.825. The van der Waals surface area contributed by atoms with Crippen molar-refractivity contribution >= 4 is 0 Å². The Balaban J connectivity index is 1.70. The van der Waals surface area contributed by atoms with Gasteiger partial charge < -0.3 is 9.47 Å². The summed E-state index contributed by atoms with van der Waals surface area (Å²) in [7, 11) is 0. The highest BCUT2D eigenvalue weighted by Gasteiger charge is 2.29. The summed E-state index contributed by atoms with van der Waals surface area (Å²) in [4.78, 5) is 0. The molecule has 0 aromatic rings. The largest absolute Gasteiger partial charge is 0.362 e. The lowest BCUT2D eigenvalue weighted by atomic mass is 10.2. The molecule has 2 saturated heterocycles. The zero-order valence-corrected chi connectivity index (χ0v) is 9.66. The molecule has 2 rings (SSSR count). The first kappa shape index (κ1) is 11.3. The SMILES string of the molecule is CCC1COC(CC2NC(CC)CO2)N1. The minimum atomic E-state index is 0.169. The molecule has 0 aromatic carbocycles. The van der Waals surface area contributed by atoms with Crippen LogP contribution in [0.5, 0.6) is 0 Å². The molecule has 2 N–H and O–H groups in total. The van der Waals surface area contributed by atoms with Gasteiger partial charge in [-0.15, -0.1) is 0 Å². The van der Waals surface area contributed by atoms with E-state index < -0.39 is 0 Å². The smallest absolute Gasteiger partial charge is 0.112 e. The molecule has 4 unspecified atom stereocenters. The standard InChI is InChI=1S/C11H22N2O2/c1-3-8-6-14-10(12-8)5-11-13-9(4-2)7-15-11/h8-13H,3-7H2,1-2H3. The normalized spacial score (nSPS) is 41.2. The fourth-order valence-electron chi connectivity index (χ4n) is 2.12. The molecule has 2 fully saturated rings. The molecule has 0 aromatic heterocycles. The molecule has 4 atom stereocenters. The van der Waals surface area contributed by atoms with E-state index in [1.165, 1.54) is 0 Å². The molecule has 0 amide bonds. The van der Waals surface area contributed by atoms with Crippen LogP contribution in [0.4, 0.5) is 0 Å². The number of nitrogens with one attached hydrogen (secondary N) is 2. The van der Waals surface area contributed by atoms with Gasteiger partial charge in [0, 0.05) is 18.5 Å². The van der Waals surface area contributed by atoms with E-state index in [2.05, 4.69) is 24.5 Å². The molecule has 15 heavy (non-hydrogen) atoms. The zero-order chi connectivity index (χ0) is 10.7. The van der Waals surface area contributed by atoms with E-state index in [1.54, 1.807) is 0 Å². The third-order valence-electron chi connectivity index (χ3n) is 3.25. The molecule has 2 aliphatic rings. The van der Waals surface area contributed by atoms with Crippen LogP contribution in [0, 0.1) is 0 Å². The molecule has 88 valence electrons.